The number of carboxylic acids is 1. The molecule has 134 valence electrons. The molecule has 0 aliphatic carbocycles. The van der Waals surface area contributed by atoms with E-state index in [4.69, 9.17) is 9.84 Å². The summed E-state index contributed by atoms with van der Waals surface area (Å²) in [5.41, 5.74) is 0.836. The highest BCUT2D eigenvalue weighted by molar-refractivity contribution is 6.03. The first-order valence-electron chi connectivity index (χ1n) is 7.91. The third-order valence-electron chi connectivity index (χ3n) is 3.65. The van der Waals surface area contributed by atoms with E-state index in [9.17, 15) is 14.4 Å². The highest BCUT2D eigenvalue weighted by Gasteiger charge is 2.40. The van der Waals surface area contributed by atoms with E-state index in [2.05, 4.69) is 11.9 Å². The van der Waals surface area contributed by atoms with Gasteiger partial charge in [-0.05, 0) is 39.0 Å². The third-order valence-corrected chi connectivity index (χ3v) is 3.65. The van der Waals surface area contributed by atoms with Gasteiger partial charge in [-0.1, -0.05) is 12.2 Å². The number of carbonyl (C=O) groups is 3. The van der Waals surface area contributed by atoms with Crippen LogP contribution in [0, 0.1) is 0 Å². The second-order valence-electron chi connectivity index (χ2n) is 6.59. The highest BCUT2D eigenvalue weighted by Crippen LogP contribution is 2.39. The van der Waals surface area contributed by atoms with Gasteiger partial charge in [0.1, 0.15) is 5.75 Å². The summed E-state index contributed by atoms with van der Waals surface area (Å²) in [5, 5.41) is 11.3. The van der Waals surface area contributed by atoms with Crippen LogP contribution in [-0.2, 0) is 14.4 Å². The number of hydrogen-bond acceptors (Lipinski definition) is 4. The van der Waals surface area contributed by atoms with Crippen molar-refractivity contribution >= 4 is 29.2 Å². The molecule has 1 heterocycles. The first-order valence-corrected chi connectivity index (χ1v) is 7.91. The van der Waals surface area contributed by atoms with E-state index >= 15 is 0 Å². The van der Waals surface area contributed by atoms with E-state index in [0.717, 1.165) is 5.57 Å². The summed E-state index contributed by atoms with van der Waals surface area (Å²) >= 11 is 0. The molecule has 1 aromatic rings. The quantitative estimate of drug-likeness (QED) is 0.772. The number of carbonyl (C=O) groups excluding carboxylic acids is 2. The van der Waals surface area contributed by atoms with Crippen LogP contribution in [0.3, 0.4) is 0 Å². The van der Waals surface area contributed by atoms with Crippen molar-refractivity contribution in [2.45, 2.75) is 39.2 Å². The Morgan fingerprint density at radius 3 is 2.60 bits per heavy atom. The minimum atomic E-state index is -1.03. The fourth-order valence-electron chi connectivity index (χ4n) is 2.52. The molecule has 0 fully saturated rings. The van der Waals surface area contributed by atoms with Crippen LogP contribution in [0.15, 0.2) is 30.4 Å². The molecule has 2 amide bonds. The molecule has 0 spiro atoms. The number of fused-ring (bicyclic) bond motifs is 1. The summed E-state index contributed by atoms with van der Waals surface area (Å²) in [7, 11) is 0. The molecule has 7 nitrogen and oxygen atoms in total. The van der Waals surface area contributed by atoms with E-state index in [0.29, 0.717) is 23.7 Å². The monoisotopic (exact) mass is 346 g/mol. The Morgan fingerprint density at radius 1 is 1.32 bits per heavy atom. The van der Waals surface area contributed by atoms with Gasteiger partial charge in [0.05, 0.1) is 12.1 Å². The Labute approximate surface area is 146 Å². The lowest BCUT2D eigenvalue weighted by molar-refractivity contribution is -0.138. The van der Waals surface area contributed by atoms with Gasteiger partial charge in [-0.25, -0.2) is 0 Å². The fourth-order valence-corrected chi connectivity index (χ4v) is 2.52. The van der Waals surface area contributed by atoms with Crippen LogP contribution in [0.2, 0.25) is 0 Å². The van der Waals surface area contributed by atoms with E-state index in [1.807, 2.05) is 6.92 Å². The maximum Gasteiger partial charge on any atom is 0.303 e. The number of nitrogens with zero attached hydrogens (tertiary/aromatic N) is 1. The third kappa shape index (κ3) is 4.37. The maximum absolute atomic E-state index is 12.7. The second kappa shape index (κ2) is 6.96. The van der Waals surface area contributed by atoms with E-state index in [-0.39, 0.29) is 18.7 Å². The minimum absolute atomic E-state index is 0.121. The van der Waals surface area contributed by atoms with Crippen molar-refractivity contribution in [1.29, 1.82) is 0 Å². The Bertz CT molecular complexity index is 739. The number of aliphatic carboxylic acids is 1. The van der Waals surface area contributed by atoms with Crippen molar-refractivity contribution in [3.63, 3.8) is 0 Å². The molecular weight excluding hydrogens is 324 g/mol. The lowest BCUT2D eigenvalue weighted by Crippen LogP contribution is -2.52. The van der Waals surface area contributed by atoms with Crippen LogP contribution < -0.4 is 15.0 Å². The zero-order valence-electron chi connectivity index (χ0n) is 14.6. The first-order chi connectivity index (χ1) is 11.6. The average Bonchev–Trinajstić information content (AvgIpc) is 2.50. The van der Waals surface area contributed by atoms with Gasteiger partial charge in [-0.15, -0.1) is 0 Å². The predicted octanol–water partition coefficient (Wildman–Crippen LogP) is 2.57. The molecular formula is C18H22N2O5. The Hall–Kier alpha value is -2.83. The molecule has 0 bridgehead atoms. The second-order valence-corrected chi connectivity index (χ2v) is 6.59. The zero-order valence-corrected chi connectivity index (χ0v) is 14.6. The van der Waals surface area contributed by atoms with Crippen molar-refractivity contribution in [2.24, 2.45) is 0 Å². The molecule has 1 aliphatic rings. The van der Waals surface area contributed by atoms with Gasteiger partial charge < -0.3 is 20.1 Å². The van der Waals surface area contributed by atoms with Gasteiger partial charge in [-0.3, -0.25) is 14.4 Å². The van der Waals surface area contributed by atoms with Gasteiger partial charge in [0.25, 0.3) is 5.91 Å². The standard InChI is InChI=1S/C18H22N2O5/c1-11(2)10-20-13-9-12(19-15(21)7-8-16(22)23)5-6-14(13)25-18(3,4)17(20)24/h5-6,9H,1,7-8,10H2,2-4H3,(H,19,21)(H,22,23). The summed E-state index contributed by atoms with van der Waals surface area (Å²) in [6, 6.07) is 4.98. The van der Waals surface area contributed by atoms with Gasteiger partial charge in [0.2, 0.25) is 5.91 Å². The first kappa shape index (κ1) is 18.5. The largest absolute Gasteiger partial charge is 0.481 e. The molecule has 0 saturated carbocycles. The fraction of sp³-hybridized carbons (Fsp3) is 0.389. The van der Waals surface area contributed by atoms with E-state index in [1.165, 1.54) is 0 Å². The molecule has 1 aromatic carbocycles. The summed E-state index contributed by atoms with van der Waals surface area (Å²) < 4.78 is 5.77. The molecule has 0 unspecified atom stereocenters. The molecule has 0 saturated heterocycles. The van der Waals surface area contributed by atoms with E-state index in [1.54, 1.807) is 36.9 Å². The number of nitrogens with one attached hydrogen (secondary N) is 1. The topological polar surface area (TPSA) is 95.9 Å². The van der Waals surface area contributed by atoms with Gasteiger partial charge >= 0.3 is 5.97 Å². The predicted molar refractivity (Wildman–Crippen MR) is 93.8 cm³/mol. The Balaban J connectivity index is 2.28. The molecule has 0 radical (unpaired) electrons. The lowest BCUT2D eigenvalue weighted by Gasteiger charge is -2.39. The van der Waals surface area contributed by atoms with Crippen LogP contribution >= 0.6 is 0 Å². The Kier molecular flexibility index (Phi) is 5.15. The molecule has 0 aromatic heterocycles. The van der Waals surface area contributed by atoms with Gasteiger partial charge in [0, 0.05) is 18.7 Å². The normalized spacial score (nSPS) is 15.2. The number of anilines is 2. The summed E-state index contributed by atoms with van der Waals surface area (Å²) in [6.45, 7) is 9.42. The molecule has 2 rings (SSSR count). The smallest absolute Gasteiger partial charge is 0.303 e. The SMILES string of the molecule is C=C(C)CN1C(=O)C(C)(C)Oc2ccc(NC(=O)CCC(=O)O)cc21. The zero-order chi connectivity index (χ0) is 18.8. The van der Waals surface area contributed by atoms with Gasteiger partial charge in [0.15, 0.2) is 5.60 Å². The summed E-state index contributed by atoms with van der Waals surface area (Å²) in [5.74, 6) is -1.10. The van der Waals surface area contributed by atoms with E-state index < -0.39 is 17.5 Å². The molecule has 1 aliphatic heterocycles. The molecule has 7 heteroatoms. The van der Waals surface area contributed by atoms with Crippen LogP contribution in [0.5, 0.6) is 5.75 Å². The number of hydrogen-bond donors (Lipinski definition) is 2. The lowest BCUT2D eigenvalue weighted by atomic mass is 10.0. The molecule has 25 heavy (non-hydrogen) atoms. The summed E-state index contributed by atoms with van der Waals surface area (Å²) in [4.78, 5) is 36.6. The van der Waals surface area contributed by atoms with Crippen molar-refractivity contribution in [3.8, 4) is 5.75 Å². The van der Waals surface area contributed by atoms with Crippen LogP contribution in [-0.4, -0.2) is 35.0 Å². The molecule has 2 N–H and O–H groups in total. The minimum Gasteiger partial charge on any atom is -0.481 e. The molecule has 0 atom stereocenters. The van der Waals surface area contributed by atoms with Crippen molar-refractivity contribution < 1.29 is 24.2 Å². The van der Waals surface area contributed by atoms with Crippen molar-refractivity contribution in [2.75, 3.05) is 16.8 Å². The summed E-state index contributed by atoms with van der Waals surface area (Å²) in [6.07, 6.45) is -0.362. The Morgan fingerprint density at radius 2 is 2.00 bits per heavy atom. The van der Waals surface area contributed by atoms with Crippen LogP contribution in [0.1, 0.15) is 33.6 Å². The van der Waals surface area contributed by atoms with Crippen LogP contribution in [0.25, 0.3) is 0 Å². The van der Waals surface area contributed by atoms with Crippen molar-refractivity contribution in [3.05, 3.63) is 30.4 Å². The number of rotatable bonds is 6. The number of amides is 2. The maximum atomic E-state index is 12.7. The number of ether oxygens (including phenoxy) is 1. The van der Waals surface area contributed by atoms with Crippen LogP contribution in [0.4, 0.5) is 11.4 Å². The van der Waals surface area contributed by atoms with Gasteiger partial charge in [-0.2, -0.15) is 0 Å². The average molecular weight is 346 g/mol. The highest BCUT2D eigenvalue weighted by atomic mass is 16.5. The number of benzene rings is 1. The number of carboxylic acid groups (broad SMARTS) is 1. The van der Waals surface area contributed by atoms with Crippen molar-refractivity contribution in [1.82, 2.24) is 0 Å².